The van der Waals surface area contributed by atoms with Crippen molar-refractivity contribution in [2.24, 2.45) is 0 Å². The molecule has 5 heteroatoms. The van der Waals surface area contributed by atoms with Gasteiger partial charge in [0.1, 0.15) is 5.75 Å². The number of halogens is 1. The second kappa shape index (κ2) is 6.50. The summed E-state index contributed by atoms with van der Waals surface area (Å²) in [5.74, 6) is -0.858. The predicted molar refractivity (Wildman–Crippen MR) is 83.2 cm³/mol. The molecule has 0 saturated carbocycles. The summed E-state index contributed by atoms with van der Waals surface area (Å²) in [5, 5.41) is 22.4. The Kier molecular flexibility index (Phi) is 4.70. The number of hydrogen-bond donors (Lipinski definition) is 3. The fraction of sp³-hybridized carbons (Fsp3) is 0.188. The van der Waals surface area contributed by atoms with Crippen molar-refractivity contribution < 1.29 is 15.0 Å². The van der Waals surface area contributed by atoms with Crippen LogP contribution in [0.1, 0.15) is 35.3 Å². The van der Waals surface area contributed by atoms with Crippen molar-refractivity contribution in [3.63, 3.8) is 0 Å². The van der Waals surface area contributed by atoms with Gasteiger partial charge in [-0.1, -0.05) is 36.7 Å². The highest BCUT2D eigenvalue weighted by Gasteiger charge is 2.15. The number of nitrogens with one attached hydrogen (secondary N) is 1. The zero-order valence-electron chi connectivity index (χ0n) is 11.5. The fourth-order valence-electron chi connectivity index (χ4n) is 2.16. The van der Waals surface area contributed by atoms with Gasteiger partial charge in [0.15, 0.2) is 0 Å². The second-order valence-corrected chi connectivity index (χ2v) is 5.07. The second-order valence-electron chi connectivity index (χ2n) is 4.66. The third kappa shape index (κ3) is 3.47. The number of anilines is 1. The van der Waals surface area contributed by atoms with Crippen LogP contribution in [0.5, 0.6) is 5.75 Å². The van der Waals surface area contributed by atoms with Crippen molar-refractivity contribution in [2.45, 2.75) is 19.4 Å². The van der Waals surface area contributed by atoms with Gasteiger partial charge < -0.3 is 15.5 Å². The lowest BCUT2D eigenvalue weighted by Gasteiger charge is -2.20. The SMILES string of the molecule is CCC(Nc1ccc(Cl)c(C(=O)O)c1)c1ccccc1O. The van der Waals surface area contributed by atoms with E-state index in [4.69, 9.17) is 16.7 Å². The largest absolute Gasteiger partial charge is 0.508 e. The molecule has 0 bridgehead atoms. The first kappa shape index (κ1) is 15.2. The number of phenols is 1. The Morgan fingerprint density at radius 1 is 1.29 bits per heavy atom. The summed E-state index contributed by atoms with van der Waals surface area (Å²) < 4.78 is 0. The van der Waals surface area contributed by atoms with Crippen LogP contribution in [-0.4, -0.2) is 16.2 Å². The first-order valence-electron chi connectivity index (χ1n) is 6.60. The molecule has 0 aliphatic heterocycles. The smallest absolute Gasteiger partial charge is 0.337 e. The maximum absolute atomic E-state index is 11.1. The third-order valence-electron chi connectivity index (χ3n) is 3.26. The van der Waals surface area contributed by atoms with Gasteiger partial charge in [-0.05, 0) is 30.7 Å². The van der Waals surface area contributed by atoms with Crippen molar-refractivity contribution >= 4 is 23.3 Å². The average Bonchev–Trinajstić information content (AvgIpc) is 2.47. The zero-order chi connectivity index (χ0) is 15.4. The van der Waals surface area contributed by atoms with Crippen LogP contribution in [0.4, 0.5) is 5.69 Å². The van der Waals surface area contributed by atoms with Gasteiger partial charge in [-0.2, -0.15) is 0 Å². The highest BCUT2D eigenvalue weighted by atomic mass is 35.5. The van der Waals surface area contributed by atoms with E-state index in [1.807, 2.05) is 19.1 Å². The predicted octanol–water partition coefficient (Wildman–Crippen LogP) is 4.31. The summed E-state index contributed by atoms with van der Waals surface area (Å²) in [7, 11) is 0. The number of aromatic hydroxyl groups is 1. The highest BCUT2D eigenvalue weighted by Crippen LogP contribution is 2.30. The minimum Gasteiger partial charge on any atom is -0.508 e. The maximum Gasteiger partial charge on any atom is 0.337 e. The van der Waals surface area contributed by atoms with E-state index in [1.165, 1.54) is 6.07 Å². The number of carbonyl (C=O) groups is 1. The van der Waals surface area contributed by atoms with Gasteiger partial charge in [0.05, 0.1) is 16.6 Å². The van der Waals surface area contributed by atoms with Crippen LogP contribution in [0.15, 0.2) is 42.5 Å². The molecular formula is C16H16ClNO3. The monoisotopic (exact) mass is 305 g/mol. The van der Waals surface area contributed by atoms with E-state index in [9.17, 15) is 9.90 Å². The molecule has 1 atom stereocenters. The molecule has 2 aromatic carbocycles. The minimum absolute atomic E-state index is 0.0498. The summed E-state index contributed by atoms with van der Waals surface area (Å²) in [6, 6.07) is 11.7. The molecule has 0 aliphatic carbocycles. The molecule has 0 saturated heterocycles. The lowest BCUT2D eigenvalue weighted by Crippen LogP contribution is -2.10. The van der Waals surface area contributed by atoms with Crippen LogP contribution in [0.3, 0.4) is 0 Å². The molecule has 0 radical (unpaired) electrons. The molecule has 4 nitrogen and oxygen atoms in total. The summed E-state index contributed by atoms with van der Waals surface area (Å²) >= 11 is 5.86. The Bertz CT molecular complexity index is 658. The molecule has 0 heterocycles. The lowest BCUT2D eigenvalue weighted by atomic mass is 10.0. The normalized spacial score (nSPS) is 11.9. The summed E-state index contributed by atoms with van der Waals surface area (Å²) in [4.78, 5) is 11.1. The van der Waals surface area contributed by atoms with Crippen molar-refractivity contribution in [3.05, 3.63) is 58.6 Å². The Morgan fingerprint density at radius 2 is 2.00 bits per heavy atom. The highest BCUT2D eigenvalue weighted by molar-refractivity contribution is 6.33. The van der Waals surface area contributed by atoms with Gasteiger partial charge in [0.2, 0.25) is 0 Å². The molecule has 110 valence electrons. The topological polar surface area (TPSA) is 69.6 Å². The van der Waals surface area contributed by atoms with E-state index in [2.05, 4.69) is 5.32 Å². The first-order chi connectivity index (χ1) is 10.0. The average molecular weight is 306 g/mol. The molecule has 0 amide bonds. The van der Waals surface area contributed by atoms with Gasteiger partial charge in [-0.3, -0.25) is 0 Å². The molecule has 3 N–H and O–H groups in total. The molecule has 0 aliphatic rings. The number of aromatic carboxylic acids is 1. The van der Waals surface area contributed by atoms with Gasteiger partial charge >= 0.3 is 5.97 Å². The van der Waals surface area contributed by atoms with Crippen LogP contribution in [0, 0.1) is 0 Å². The Labute approximate surface area is 128 Å². The van der Waals surface area contributed by atoms with E-state index in [1.54, 1.807) is 24.3 Å². The molecule has 0 spiro atoms. The number of hydrogen-bond acceptors (Lipinski definition) is 3. The van der Waals surface area contributed by atoms with Gasteiger partial charge in [-0.15, -0.1) is 0 Å². The number of para-hydroxylation sites is 1. The van der Waals surface area contributed by atoms with E-state index in [0.717, 1.165) is 12.0 Å². The summed E-state index contributed by atoms with van der Waals surface area (Å²) in [6.45, 7) is 1.98. The van der Waals surface area contributed by atoms with E-state index >= 15 is 0 Å². The van der Waals surface area contributed by atoms with Gasteiger partial charge in [0.25, 0.3) is 0 Å². The number of phenolic OH excluding ortho intramolecular Hbond substituents is 1. The van der Waals surface area contributed by atoms with Crippen molar-refractivity contribution in [1.82, 2.24) is 0 Å². The van der Waals surface area contributed by atoms with Gasteiger partial charge in [-0.25, -0.2) is 4.79 Å². The van der Waals surface area contributed by atoms with Crippen LogP contribution >= 0.6 is 11.6 Å². The molecule has 21 heavy (non-hydrogen) atoms. The summed E-state index contributed by atoms with van der Waals surface area (Å²) in [5.41, 5.74) is 1.47. The Balaban J connectivity index is 2.29. The number of carboxylic acid groups (broad SMARTS) is 1. The number of benzene rings is 2. The summed E-state index contributed by atoms with van der Waals surface area (Å²) in [6.07, 6.45) is 0.739. The third-order valence-corrected chi connectivity index (χ3v) is 3.59. The number of carboxylic acids is 1. The Hall–Kier alpha value is -2.20. The van der Waals surface area contributed by atoms with E-state index in [-0.39, 0.29) is 22.4 Å². The standard InChI is InChI=1S/C16H16ClNO3/c1-2-14(11-5-3-4-6-15(11)19)18-10-7-8-13(17)12(9-10)16(20)21/h3-9,14,18-19H,2H2,1H3,(H,20,21). The Morgan fingerprint density at radius 3 is 2.62 bits per heavy atom. The van der Waals surface area contributed by atoms with E-state index in [0.29, 0.717) is 5.69 Å². The maximum atomic E-state index is 11.1. The minimum atomic E-state index is -1.07. The van der Waals surface area contributed by atoms with Crippen molar-refractivity contribution in [2.75, 3.05) is 5.32 Å². The molecule has 2 aromatic rings. The number of rotatable bonds is 5. The molecule has 2 rings (SSSR count). The lowest BCUT2D eigenvalue weighted by molar-refractivity contribution is 0.0697. The van der Waals surface area contributed by atoms with Crippen LogP contribution in [0.2, 0.25) is 5.02 Å². The molecular weight excluding hydrogens is 290 g/mol. The van der Waals surface area contributed by atoms with E-state index < -0.39 is 5.97 Å². The van der Waals surface area contributed by atoms with Crippen molar-refractivity contribution in [3.8, 4) is 5.75 Å². The van der Waals surface area contributed by atoms with Crippen LogP contribution in [-0.2, 0) is 0 Å². The van der Waals surface area contributed by atoms with Crippen molar-refractivity contribution in [1.29, 1.82) is 0 Å². The first-order valence-corrected chi connectivity index (χ1v) is 6.98. The molecule has 0 fully saturated rings. The van der Waals surface area contributed by atoms with Crippen LogP contribution in [0.25, 0.3) is 0 Å². The fourth-order valence-corrected chi connectivity index (χ4v) is 2.36. The molecule has 1 unspecified atom stereocenters. The molecule has 0 aromatic heterocycles. The zero-order valence-corrected chi connectivity index (χ0v) is 12.3. The van der Waals surface area contributed by atoms with Crippen LogP contribution < -0.4 is 5.32 Å². The quantitative estimate of drug-likeness (QED) is 0.770. The van der Waals surface area contributed by atoms with Gasteiger partial charge in [0, 0.05) is 11.3 Å².